The summed E-state index contributed by atoms with van der Waals surface area (Å²) in [5, 5.41) is 8.87. The van der Waals surface area contributed by atoms with Gasteiger partial charge in [-0.2, -0.15) is 22.0 Å². The second kappa shape index (κ2) is 7.95. The van der Waals surface area contributed by atoms with E-state index in [0.29, 0.717) is 39.3 Å². The summed E-state index contributed by atoms with van der Waals surface area (Å²) in [6.45, 7) is 6.39. The van der Waals surface area contributed by atoms with Crippen molar-refractivity contribution >= 4 is 22.2 Å². The van der Waals surface area contributed by atoms with E-state index in [9.17, 15) is 13.2 Å². The van der Waals surface area contributed by atoms with Gasteiger partial charge in [-0.25, -0.2) is 4.79 Å². The van der Waals surface area contributed by atoms with Crippen molar-refractivity contribution in [1.29, 1.82) is 0 Å². The molecular formula is C14H24N4O5S. The predicted octanol–water partition coefficient (Wildman–Crippen LogP) is 0.862. The molecule has 0 spiro atoms. The lowest BCUT2D eigenvalue weighted by atomic mass is 10.4. The van der Waals surface area contributed by atoms with E-state index in [1.165, 1.54) is 8.61 Å². The zero-order valence-corrected chi connectivity index (χ0v) is 14.8. The average molecular weight is 360 g/mol. The third-order valence-corrected chi connectivity index (χ3v) is 5.85. The Bertz CT molecular complexity index is 646. The number of aromatic carboxylic acids is 1. The van der Waals surface area contributed by atoms with Crippen LogP contribution in [0.2, 0.25) is 0 Å². The summed E-state index contributed by atoms with van der Waals surface area (Å²) in [6, 6.07) is 0.212. The van der Waals surface area contributed by atoms with Crippen LogP contribution < -0.4 is 4.90 Å². The number of carbonyl (C=O) groups is 1. The number of nitrogens with zero attached hydrogens (tertiary/aromatic N) is 4. The van der Waals surface area contributed by atoms with Gasteiger partial charge in [-0.3, -0.25) is 0 Å². The van der Waals surface area contributed by atoms with Gasteiger partial charge >= 0.3 is 5.97 Å². The number of piperazine rings is 1. The van der Waals surface area contributed by atoms with E-state index in [1.807, 2.05) is 13.8 Å². The van der Waals surface area contributed by atoms with Gasteiger partial charge in [0.25, 0.3) is 16.2 Å². The van der Waals surface area contributed by atoms with Gasteiger partial charge in [0.2, 0.25) is 0 Å². The van der Waals surface area contributed by atoms with E-state index in [4.69, 9.17) is 9.52 Å². The molecule has 0 unspecified atom stereocenters. The summed E-state index contributed by atoms with van der Waals surface area (Å²) in [7, 11) is -3.47. The fraction of sp³-hybridized carbons (Fsp3) is 0.714. The average Bonchev–Trinajstić information content (AvgIpc) is 3.05. The van der Waals surface area contributed by atoms with Crippen LogP contribution in [0, 0.1) is 0 Å². The standard InChI is InChI=1S/C14H24N4O5S/c1-3-5-17(6-4-2)24(21,22)18-9-7-16(8-10-18)14-15-12(11-23-14)13(19)20/h11H,3-10H2,1-2H3,(H,19,20). The van der Waals surface area contributed by atoms with Gasteiger partial charge in [0.1, 0.15) is 6.26 Å². The number of carboxylic acid groups (broad SMARTS) is 1. The summed E-state index contributed by atoms with van der Waals surface area (Å²) in [6.07, 6.45) is 2.63. The predicted molar refractivity (Wildman–Crippen MR) is 88.3 cm³/mol. The van der Waals surface area contributed by atoms with Crippen LogP contribution in [0.1, 0.15) is 37.2 Å². The van der Waals surface area contributed by atoms with Crippen molar-refractivity contribution in [1.82, 2.24) is 13.6 Å². The van der Waals surface area contributed by atoms with Crippen LogP contribution in [0.25, 0.3) is 0 Å². The van der Waals surface area contributed by atoms with E-state index in [-0.39, 0.29) is 11.7 Å². The second-order valence-electron chi connectivity index (χ2n) is 5.61. The fourth-order valence-corrected chi connectivity index (χ4v) is 4.40. The smallest absolute Gasteiger partial charge is 0.357 e. The lowest BCUT2D eigenvalue weighted by molar-refractivity contribution is 0.0690. The molecule has 0 amide bonds. The molecule has 0 atom stereocenters. The van der Waals surface area contributed by atoms with Crippen LogP contribution in [0.5, 0.6) is 0 Å². The van der Waals surface area contributed by atoms with Crippen molar-refractivity contribution in [2.45, 2.75) is 26.7 Å². The van der Waals surface area contributed by atoms with Gasteiger partial charge in [-0.15, -0.1) is 0 Å². The van der Waals surface area contributed by atoms with Crippen LogP contribution in [0.3, 0.4) is 0 Å². The molecular weight excluding hydrogens is 336 g/mol. The SMILES string of the molecule is CCCN(CCC)S(=O)(=O)N1CCN(c2nc(C(=O)O)co2)CC1. The van der Waals surface area contributed by atoms with Gasteiger partial charge in [-0.1, -0.05) is 13.8 Å². The molecule has 0 aromatic carbocycles. The molecule has 1 N–H and O–H groups in total. The summed E-state index contributed by atoms with van der Waals surface area (Å²) >= 11 is 0. The van der Waals surface area contributed by atoms with E-state index in [1.54, 1.807) is 4.90 Å². The molecule has 2 heterocycles. The van der Waals surface area contributed by atoms with Crippen molar-refractivity contribution in [3.63, 3.8) is 0 Å². The highest BCUT2D eigenvalue weighted by Gasteiger charge is 2.32. The first-order valence-corrected chi connectivity index (χ1v) is 9.48. The molecule has 1 aliphatic heterocycles. The van der Waals surface area contributed by atoms with Crippen LogP contribution in [0.15, 0.2) is 10.7 Å². The number of oxazole rings is 1. The number of hydrogen-bond donors (Lipinski definition) is 1. The van der Waals surface area contributed by atoms with E-state index in [2.05, 4.69) is 4.98 Å². The summed E-state index contributed by atoms with van der Waals surface area (Å²) in [5.74, 6) is -1.15. The summed E-state index contributed by atoms with van der Waals surface area (Å²) < 4.78 is 33.6. The Morgan fingerprint density at radius 3 is 2.29 bits per heavy atom. The van der Waals surface area contributed by atoms with Crippen LogP contribution in [-0.2, 0) is 10.2 Å². The summed E-state index contributed by atoms with van der Waals surface area (Å²) in [5.41, 5.74) is -0.155. The quantitative estimate of drug-likeness (QED) is 0.732. The molecule has 2 rings (SSSR count). The summed E-state index contributed by atoms with van der Waals surface area (Å²) in [4.78, 5) is 16.5. The van der Waals surface area contributed by atoms with Crippen molar-refractivity contribution < 1.29 is 22.7 Å². The maximum atomic E-state index is 12.7. The minimum Gasteiger partial charge on any atom is -0.476 e. The first-order chi connectivity index (χ1) is 11.4. The highest BCUT2D eigenvalue weighted by molar-refractivity contribution is 7.86. The molecule has 1 fully saturated rings. The lowest BCUT2D eigenvalue weighted by Gasteiger charge is -2.36. The van der Waals surface area contributed by atoms with Gasteiger partial charge < -0.3 is 14.4 Å². The van der Waals surface area contributed by atoms with Crippen molar-refractivity contribution in [3.05, 3.63) is 12.0 Å². The van der Waals surface area contributed by atoms with Gasteiger partial charge in [0.05, 0.1) is 0 Å². The third-order valence-electron chi connectivity index (χ3n) is 3.82. The molecule has 0 saturated carbocycles. The largest absolute Gasteiger partial charge is 0.476 e. The van der Waals surface area contributed by atoms with Gasteiger partial charge in [0.15, 0.2) is 5.69 Å². The first kappa shape index (κ1) is 18.7. The maximum Gasteiger partial charge on any atom is 0.357 e. The fourth-order valence-electron chi connectivity index (χ4n) is 2.62. The number of anilines is 1. The van der Waals surface area contributed by atoms with Crippen LogP contribution in [-0.4, -0.2) is 72.4 Å². The minimum atomic E-state index is -3.47. The number of hydrogen-bond acceptors (Lipinski definition) is 6. The highest BCUT2D eigenvalue weighted by Crippen LogP contribution is 2.19. The number of rotatable bonds is 8. The van der Waals surface area contributed by atoms with Gasteiger partial charge in [-0.05, 0) is 12.8 Å². The molecule has 9 nitrogen and oxygen atoms in total. The Morgan fingerprint density at radius 2 is 1.83 bits per heavy atom. The van der Waals surface area contributed by atoms with Crippen molar-refractivity contribution in [2.75, 3.05) is 44.2 Å². The zero-order chi connectivity index (χ0) is 17.7. The van der Waals surface area contributed by atoms with Crippen molar-refractivity contribution in [3.8, 4) is 0 Å². The molecule has 0 bridgehead atoms. The van der Waals surface area contributed by atoms with E-state index >= 15 is 0 Å². The monoisotopic (exact) mass is 360 g/mol. The normalized spacial score (nSPS) is 16.7. The molecule has 10 heteroatoms. The third kappa shape index (κ3) is 4.05. The van der Waals surface area contributed by atoms with E-state index < -0.39 is 16.2 Å². The Kier molecular flexibility index (Phi) is 6.19. The molecule has 1 aromatic heterocycles. The molecule has 1 aromatic rings. The molecule has 24 heavy (non-hydrogen) atoms. The van der Waals surface area contributed by atoms with Crippen molar-refractivity contribution in [2.24, 2.45) is 0 Å². The second-order valence-corrected chi connectivity index (χ2v) is 7.54. The molecule has 0 aliphatic carbocycles. The Labute approximate surface area is 142 Å². The number of aromatic nitrogens is 1. The highest BCUT2D eigenvalue weighted by atomic mass is 32.2. The van der Waals surface area contributed by atoms with Crippen LogP contribution >= 0.6 is 0 Å². The number of carboxylic acids is 1. The van der Waals surface area contributed by atoms with E-state index in [0.717, 1.165) is 19.1 Å². The zero-order valence-electron chi connectivity index (χ0n) is 14.0. The molecule has 136 valence electrons. The molecule has 1 aliphatic rings. The topological polar surface area (TPSA) is 107 Å². The minimum absolute atomic E-state index is 0.155. The van der Waals surface area contributed by atoms with Crippen LogP contribution in [0.4, 0.5) is 6.01 Å². The Morgan fingerprint density at radius 1 is 1.25 bits per heavy atom. The Balaban J connectivity index is 2.01. The maximum absolute atomic E-state index is 12.7. The Hall–Kier alpha value is -1.65. The first-order valence-electron chi connectivity index (χ1n) is 8.09. The van der Waals surface area contributed by atoms with Gasteiger partial charge in [0, 0.05) is 39.3 Å². The molecule has 0 radical (unpaired) electrons. The molecule has 1 saturated heterocycles. The lowest BCUT2D eigenvalue weighted by Crippen LogP contribution is -2.53.